The van der Waals surface area contributed by atoms with Crippen LogP contribution in [0.4, 0.5) is 13.2 Å². The Labute approximate surface area is 97.2 Å². The molecule has 0 radical (unpaired) electrons. The van der Waals surface area contributed by atoms with Gasteiger partial charge < -0.3 is 5.32 Å². The van der Waals surface area contributed by atoms with E-state index in [9.17, 15) is 13.2 Å². The Hall–Kier alpha value is -1.11. The van der Waals surface area contributed by atoms with E-state index in [1.54, 1.807) is 0 Å². The van der Waals surface area contributed by atoms with Crippen molar-refractivity contribution >= 4 is 0 Å². The molecule has 4 nitrogen and oxygen atoms in total. The molecule has 2 rings (SSSR count). The third-order valence-corrected chi connectivity index (χ3v) is 2.91. The lowest BCUT2D eigenvalue weighted by atomic mass is 10.0. The maximum absolute atomic E-state index is 12.2. The van der Waals surface area contributed by atoms with E-state index in [-0.39, 0.29) is 0 Å². The second kappa shape index (κ2) is 5.03. The summed E-state index contributed by atoms with van der Waals surface area (Å²) in [6.45, 7) is 1.47. The van der Waals surface area contributed by atoms with Crippen LogP contribution in [0.2, 0.25) is 0 Å². The highest BCUT2D eigenvalue weighted by Gasteiger charge is 2.35. The SMILES string of the molecule is FC(F)(F)c1ncn(CCC2CCCCN2)n1. The van der Waals surface area contributed by atoms with Gasteiger partial charge in [0.15, 0.2) is 0 Å². The molecule has 1 aliphatic heterocycles. The van der Waals surface area contributed by atoms with Crippen LogP contribution in [0.15, 0.2) is 6.33 Å². The fourth-order valence-electron chi connectivity index (χ4n) is 1.99. The first-order chi connectivity index (χ1) is 8.05. The average Bonchev–Trinajstić information content (AvgIpc) is 2.76. The fourth-order valence-corrected chi connectivity index (χ4v) is 1.99. The third kappa shape index (κ3) is 3.42. The number of alkyl halides is 3. The standard InChI is InChI=1S/C10H15F3N4/c11-10(12,13)9-15-7-17(16-9)6-4-8-3-1-2-5-14-8/h7-8,14H,1-6H2. The number of nitrogens with zero attached hydrogens (tertiary/aromatic N) is 3. The zero-order valence-corrected chi connectivity index (χ0v) is 9.37. The Morgan fingerprint density at radius 3 is 2.82 bits per heavy atom. The lowest BCUT2D eigenvalue weighted by Gasteiger charge is -2.23. The van der Waals surface area contributed by atoms with Crippen molar-refractivity contribution in [1.29, 1.82) is 0 Å². The zero-order valence-electron chi connectivity index (χ0n) is 9.37. The number of aryl methyl sites for hydroxylation is 1. The molecule has 1 aromatic heterocycles. The summed E-state index contributed by atoms with van der Waals surface area (Å²) >= 11 is 0. The quantitative estimate of drug-likeness (QED) is 0.887. The first-order valence-electron chi connectivity index (χ1n) is 5.76. The fraction of sp³-hybridized carbons (Fsp3) is 0.800. The van der Waals surface area contributed by atoms with Gasteiger partial charge in [-0.2, -0.15) is 13.2 Å². The summed E-state index contributed by atoms with van der Waals surface area (Å²) in [6, 6.07) is 0.391. The number of rotatable bonds is 3. The van der Waals surface area contributed by atoms with Crippen LogP contribution in [0.3, 0.4) is 0 Å². The number of piperidine rings is 1. The Bertz CT molecular complexity index is 355. The van der Waals surface area contributed by atoms with Crippen LogP contribution in [0, 0.1) is 0 Å². The molecule has 0 aromatic carbocycles. The molecule has 1 N–H and O–H groups in total. The predicted molar refractivity (Wildman–Crippen MR) is 55.3 cm³/mol. The Morgan fingerprint density at radius 1 is 1.41 bits per heavy atom. The van der Waals surface area contributed by atoms with E-state index in [0.717, 1.165) is 25.7 Å². The average molecular weight is 248 g/mol. The molecule has 1 unspecified atom stereocenters. The molecule has 7 heteroatoms. The number of halogens is 3. The van der Waals surface area contributed by atoms with Gasteiger partial charge in [-0.25, -0.2) is 4.98 Å². The minimum atomic E-state index is -4.45. The molecule has 1 fully saturated rings. The van der Waals surface area contributed by atoms with Crippen LogP contribution in [-0.2, 0) is 12.7 Å². The first-order valence-corrected chi connectivity index (χ1v) is 5.76. The molecule has 0 saturated carbocycles. The smallest absolute Gasteiger partial charge is 0.314 e. The van der Waals surface area contributed by atoms with Gasteiger partial charge in [-0.3, -0.25) is 4.68 Å². The molecule has 2 heterocycles. The maximum Gasteiger partial charge on any atom is 0.453 e. The number of hydrogen-bond donors (Lipinski definition) is 1. The molecule has 96 valence electrons. The minimum Gasteiger partial charge on any atom is -0.314 e. The normalized spacial score (nSPS) is 21.7. The van der Waals surface area contributed by atoms with Crippen molar-refractivity contribution in [3.8, 4) is 0 Å². The van der Waals surface area contributed by atoms with Crippen LogP contribution in [-0.4, -0.2) is 27.4 Å². The van der Waals surface area contributed by atoms with Gasteiger partial charge in [0.2, 0.25) is 0 Å². The molecule has 1 atom stereocenters. The Balaban J connectivity index is 1.84. The predicted octanol–water partition coefficient (Wildman–Crippen LogP) is 1.83. The molecule has 1 aromatic rings. The Kier molecular flexibility index (Phi) is 3.66. The summed E-state index contributed by atoms with van der Waals surface area (Å²) in [4.78, 5) is 3.26. The summed E-state index contributed by atoms with van der Waals surface area (Å²) in [5.41, 5.74) is 0. The zero-order chi connectivity index (χ0) is 12.3. The lowest BCUT2D eigenvalue weighted by Crippen LogP contribution is -2.34. The van der Waals surface area contributed by atoms with Crippen LogP contribution in [0.5, 0.6) is 0 Å². The van der Waals surface area contributed by atoms with Crippen LogP contribution >= 0.6 is 0 Å². The van der Waals surface area contributed by atoms with Crippen molar-refractivity contribution < 1.29 is 13.2 Å². The van der Waals surface area contributed by atoms with E-state index < -0.39 is 12.0 Å². The minimum absolute atomic E-state index is 0.391. The number of hydrogen-bond acceptors (Lipinski definition) is 3. The molecule has 1 saturated heterocycles. The Morgan fingerprint density at radius 2 is 2.24 bits per heavy atom. The topological polar surface area (TPSA) is 42.7 Å². The summed E-state index contributed by atoms with van der Waals surface area (Å²) in [5, 5.41) is 6.76. The van der Waals surface area contributed by atoms with E-state index in [2.05, 4.69) is 15.4 Å². The van der Waals surface area contributed by atoms with Crippen molar-refractivity contribution in [2.24, 2.45) is 0 Å². The van der Waals surface area contributed by atoms with Crippen LogP contribution in [0.1, 0.15) is 31.5 Å². The van der Waals surface area contributed by atoms with Crippen molar-refractivity contribution in [2.45, 2.75) is 44.4 Å². The van der Waals surface area contributed by atoms with E-state index in [1.807, 2.05) is 0 Å². The highest BCUT2D eigenvalue weighted by atomic mass is 19.4. The molecule has 0 amide bonds. The highest BCUT2D eigenvalue weighted by Crippen LogP contribution is 2.25. The second-order valence-corrected chi connectivity index (χ2v) is 4.26. The largest absolute Gasteiger partial charge is 0.453 e. The van der Waals surface area contributed by atoms with Crippen molar-refractivity contribution in [2.75, 3.05) is 6.54 Å². The third-order valence-electron chi connectivity index (χ3n) is 2.91. The number of aromatic nitrogens is 3. The molecule has 0 bridgehead atoms. The van der Waals surface area contributed by atoms with Gasteiger partial charge in [0.1, 0.15) is 6.33 Å². The highest BCUT2D eigenvalue weighted by molar-refractivity contribution is 4.87. The van der Waals surface area contributed by atoms with Crippen molar-refractivity contribution in [1.82, 2.24) is 20.1 Å². The van der Waals surface area contributed by atoms with Crippen molar-refractivity contribution in [3.05, 3.63) is 12.2 Å². The maximum atomic E-state index is 12.2. The van der Waals surface area contributed by atoms with Gasteiger partial charge in [0.25, 0.3) is 5.82 Å². The lowest BCUT2D eigenvalue weighted by molar-refractivity contribution is -0.145. The molecule has 1 aliphatic rings. The van der Waals surface area contributed by atoms with E-state index in [4.69, 9.17) is 0 Å². The molecule has 17 heavy (non-hydrogen) atoms. The van der Waals surface area contributed by atoms with E-state index >= 15 is 0 Å². The molecule has 0 aliphatic carbocycles. The molecular weight excluding hydrogens is 233 g/mol. The van der Waals surface area contributed by atoms with Crippen LogP contribution in [0.25, 0.3) is 0 Å². The summed E-state index contributed by atoms with van der Waals surface area (Å²) in [7, 11) is 0. The van der Waals surface area contributed by atoms with Gasteiger partial charge in [-0.1, -0.05) is 6.42 Å². The second-order valence-electron chi connectivity index (χ2n) is 4.26. The summed E-state index contributed by atoms with van der Waals surface area (Å²) in [6.07, 6.45) is 0.933. The van der Waals surface area contributed by atoms with Crippen LogP contribution < -0.4 is 5.32 Å². The monoisotopic (exact) mass is 248 g/mol. The first kappa shape index (κ1) is 12.3. The molecule has 0 spiro atoms. The van der Waals surface area contributed by atoms with E-state index in [0.29, 0.717) is 12.6 Å². The van der Waals surface area contributed by atoms with Crippen molar-refractivity contribution in [3.63, 3.8) is 0 Å². The van der Waals surface area contributed by atoms with Gasteiger partial charge >= 0.3 is 6.18 Å². The van der Waals surface area contributed by atoms with E-state index in [1.165, 1.54) is 17.5 Å². The van der Waals surface area contributed by atoms with Gasteiger partial charge in [-0.15, -0.1) is 5.10 Å². The van der Waals surface area contributed by atoms with Gasteiger partial charge in [-0.05, 0) is 25.8 Å². The number of nitrogens with one attached hydrogen (secondary N) is 1. The molecular formula is C10H15F3N4. The van der Waals surface area contributed by atoms with Gasteiger partial charge in [0.05, 0.1) is 0 Å². The summed E-state index contributed by atoms with van der Waals surface area (Å²) in [5.74, 6) is -1.06. The van der Waals surface area contributed by atoms with Gasteiger partial charge in [0, 0.05) is 12.6 Å². The summed E-state index contributed by atoms with van der Waals surface area (Å²) < 4.78 is 38.0.